The van der Waals surface area contributed by atoms with E-state index in [2.05, 4.69) is 20.6 Å². The van der Waals surface area contributed by atoms with Crippen LogP contribution in [0.5, 0.6) is 0 Å². The van der Waals surface area contributed by atoms with Gasteiger partial charge in [0.2, 0.25) is 0 Å². The molecule has 2 N–H and O–H groups in total. The van der Waals surface area contributed by atoms with Crippen molar-refractivity contribution < 1.29 is 9.59 Å². The zero-order valence-corrected chi connectivity index (χ0v) is 15.3. The highest BCUT2D eigenvalue weighted by Crippen LogP contribution is 2.17. The van der Waals surface area contributed by atoms with Gasteiger partial charge in [-0.15, -0.1) is 0 Å². The van der Waals surface area contributed by atoms with E-state index in [0.717, 1.165) is 13.0 Å². The summed E-state index contributed by atoms with van der Waals surface area (Å²) < 4.78 is 1.45. The summed E-state index contributed by atoms with van der Waals surface area (Å²) in [5.74, 6) is -0.206. The van der Waals surface area contributed by atoms with Crippen LogP contribution in [0.1, 0.15) is 27.3 Å². The molecule has 0 radical (unpaired) electrons. The third-order valence-electron chi connectivity index (χ3n) is 3.54. The second-order valence-corrected chi connectivity index (χ2v) is 6.29. The minimum Gasteiger partial charge on any atom is -0.351 e. The number of benzene rings is 1. The van der Waals surface area contributed by atoms with Gasteiger partial charge in [0.15, 0.2) is 5.69 Å². The summed E-state index contributed by atoms with van der Waals surface area (Å²) in [7, 11) is 5.62. The summed E-state index contributed by atoms with van der Waals surface area (Å²) in [6.07, 6.45) is 0.849. The molecular weight excluding hydrogens is 342 g/mol. The molecule has 0 aliphatic carbocycles. The Hall–Kier alpha value is -2.38. The molecule has 0 saturated heterocycles. The van der Waals surface area contributed by atoms with Crippen molar-refractivity contribution in [2.75, 3.05) is 32.5 Å². The van der Waals surface area contributed by atoms with E-state index in [1.54, 1.807) is 31.3 Å². The number of carbonyl (C=O) groups is 2. The Morgan fingerprint density at radius 1 is 1.24 bits per heavy atom. The van der Waals surface area contributed by atoms with Crippen LogP contribution in [0, 0.1) is 0 Å². The largest absolute Gasteiger partial charge is 0.351 e. The highest BCUT2D eigenvalue weighted by molar-refractivity contribution is 6.34. The number of halogens is 1. The second-order valence-electron chi connectivity index (χ2n) is 5.89. The van der Waals surface area contributed by atoms with Crippen LogP contribution in [0.15, 0.2) is 30.3 Å². The average molecular weight is 364 g/mol. The fourth-order valence-electron chi connectivity index (χ4n) is 2.21. The number of amides is 2. The van der Waals surface area contributed by atoms with Gasteiger partial charge in [-0.25, -0.2) is 0 Å². The summed E-state index contributed by atoms with van der Waals surface area (Å²) in [6, 6.07) is 8.30. The molecule has 25 heavy (non-hydrogen) atoms. The van der Waals surface area contributed by atoms with E-state index in [9.17, 15) is 9.59 Å². The first kappa shape index (κ1) is 19.0. The van der Waals surface area contributed by atoms with Gasteiger partial charge in [-0.3, -0.25) is 14.3 Å². The number of anilines is 1. The molecule has 0 aliphatic heterocycles. The smallest absolute Gasteiger partial charge is 0.271 e. The molecule has 134 valence electrons. The molecule has 7 nitrogen and oxygen atoms in total. The summed E-state index contributed by atoms with van der Waals surface area (Å²) in [4.78, 5) is 26.5. The predicted octanol–water partition coefficient (Wildman–Crippen LogP) is 2.01. The van der Waals surface area contributed by atoms with Gasteiger partial charge in [-0.1, -0.05) is 23.7 Å². The van der Waals surface area contributed by atoms with E-state index < -0.39 is 0 Å². The van der Waals surface area contributed by atoms with Crippen molar-refractivity contribution in [1.29, 1.82) is 0 Å². The molecule has 1 aromatic carbocycles. The maximum Gasteiger partial charge on any atom is 0.271 e. The van der Waals surface area contributed by atoms with Crippen LogP contribution < -0.4 is 10.6 Å². The van der Waals surface area contributed by atoms with Crippen LogP contribution >= 0.6 is 11.6 Å². The molecule has 0 unspecified atom stereocenters. The summed E-state index contributed by atoms with van der Waals surface area (Å²) in [6.45, 7) is 1.45. The number of aromatic nitrogens is 2. The standard InChI is InChI=1S/C17H22ClN5O2/c1-22(2)10-6-9-19-17(25)14-11-15(23(3)21-14)20-16(24)12-7-4-5-8-13(12)18/h4-5,7-8,11H,6,9-10H2,1-3H3,(H,19,25)(H,20,24). The SMILES string of the molecule is CN(C)CCCNC(=O)c1cc(NC(=O)c2ccccc2Cl)n(C)n1. The molecule has 0 fully saturated rings. The van der Waals surface area contributed by atoms with Crippen molar-refractivity contribution in [3.05, 3.63) is 46.6 Å². The lowest BCUT2D eigenvalue weighted by molar-refractivity contribution is 0.0945. The minimum absolute atomic E-state index is 0.252. The van der Waals surface area contributed by atoms with Gasteiger partial charge in [0.25, 0.3) is 11.8 Å². The van der Waals surface area contributed by atoms with Gasteiger partial charge in [-0.05, 0) is 39.2 Å². The Balaban J connectivity index is 1.98. The van der Waals surface area contributed by atoms with Crippen LogP contribution in [0.3, 0.4) is 0 Å². The van der Waals surface area contributed by atoms with Crippen molar-refractivity contribution in [2.45, 2.75) is 6.42 Å². The van der Waals surface area contributed by atoms with Gasteiger partial charge in [0.1, 0.15) is 5.82 Å². The summed E-state index contributed by atoms with van der Waals surface area (Å²) >= 11 is 6.02. The molecular formula is C17H22ClN5O2. The maximum atomic E-state index is 12.3. The number of rotatable bonds is 7. The van der Waals surface area contributed by atoms with E-state index in [1.165, 1.54) is 10.7 Å². The fourth-order valence-corrected chi connectivity index (χ4v) is 2.43. The number of nitrogens with one attached hydrogen (secondary N) is 2. The Morgan fingerprint density at radius 2 is 1.96 bits per heavy atom. The second kappa shape index (κ2) is 8.64. The first-order valence-electron chi connectivity index (χ1n) is 7.91. The Kier molecular flexibility index (Phi) is 6.55. The van der Waals surface area contributed by atoms with Crippen LogP contribution in [-0.4, -0.2) is 53.7 Å². The van der Waals surface area contributed by atoms with Crippen molar-refractivity contribution >= 4 is 29.2 Å². The van der Waals surface area contributed by atoms with Gasteiger partial charge >= 0.3 is 0 Å². The summed E-state index contributed by atoms with van der Waals surface area (Å²) in [5.41, 5.74) is 0.613. The number of carbonyl (C=O) groups excluding carboxylic acids is 2. The van der Waals surface area contributed by atoms with E-state index in [4.69, 9.17) is 11.6 Å². The molecule has 2 rings (SSSR count). The Morgan fingerprint density at radius 3 is 2.64 bits per heavy atom. The van der Waals surface area contributed by atoms with Crippen molar-refractivity contribution in [2.24, 2.45) is 7.05 Å². The van der Waals surface area contributed by atoms with Crippen LogP contribution in [0.25, 0.3) is 0 Å². The normalized spacial score (nSPS) is 10.8. The third kappa shape index (κ3) is 5.30. The lowest BCUT2D eigenvalue weighted by atomic mass is 10.2. The Labute approximate surface area is 152 Å². The van der Waals surface area contributed by atoms with E-state index in [0.29, 0.717) is 22.9 Å². The van der Waals surface area contributed by atoms with Gasteiger partial charge < -0.3 is 15.5 Å². The van der Waals surface area contributed by atoms with Crippen LogP contribution in [0.2, 0.25) is 5.02 Å². The topological polar surface area (TPSA) is 79.3 Å². The zero-order chi connectivity index (χ0) is 18.4. The lowest BCUT2D eigenvalue weighted by Gasteiger charge is -2.09. The number of hydrogen-bond acceptors (Lipinski definition) is 4. The highest BCUT2D eigenvalue weighted by atomic mass is 35.5. The molecule has 8 heteroatoms. The monoisotopic (exact) mass is 363 g/mol. The quantitative estimate of drug-likeness (QED) is 0.737. The first-order chi connectivity index (χ1) is 11.9. The van der Waals surface area contributed by atoms with Crippen molar-refractivity contribution in [3.63, 3.8) is 0 Å². The van der Waals surface area contributed by atoms with Crippen LogP contribution in [-0.2, 0) is 7.05 Å². The van der Waals surface area contributed by atoms with Gasteiger partial charge in [0, 0.05) is 19.7 Å². The molecule has 0 saturated carbocycles. The molecule has 0 spiro atoms. The van der Waals surface area contributed by atoms with Crippen molar-refractivity contribution in [3.8, 4) is 0 Å². The predicted molar refractivity (Wildman–Crippen MR) is 98.1 cm³/mol. The molecule has 2 aromatic rings. The van der Waals surface area contributed by atoms with E-state index in [1.807, 2.05) is 14.1 Å². The number of aryl methyl sites for hydroxylation is 1. The average Bonchev–Trinajstić information content (AvgIpc) is 2.92. The highest BCUT2D eigenvalue weighted by Gasteiger charge is 2.16. The number of hydrogen-bond donors (Lipinski definition) is 2. The molecule has 0 aliphatic rings. The summed E-state index contributed by atoms with van der Waals surface area (Å²) in [5, 5.41) is 10.0. The zero-order valence-electron chi connectivity index (χ0n) is 14.5. The van der Waals surface area contributed by atoms with Gasteiger partial charge in [-0.2, -0.15) is 5.10 Å². The van der Waals surface area contributed by atoms with Crippen LogP contribution in [0.4, 0.5) is 5.82 Å². The van der Waals surface area contributed by atoms with Gasteiger partial charge in [0.05, 0.1) is 10.6 Å². The Bertz CT molecular complexity index is 757. The minimum atomic E-state index is -0.355. The lowest BCUT2D eigenvalue weighted by Crippen LogP contribution is -2.27. The fraction of sp³-hybridized carbons (Fsp3) is 0.353. The maximum absolute atomic E-state index is 12.3. The van der Waals surface area contributed by atoms with E-state index >= 15 is 0 Å². The molecule has 0 bridgehead atoms. The molecule has 1 heterocycles. The molecule has 1 aromatic heterocycles. The number of nitrogens with zero attached hydrogens (tertiary/aromatic N) is 3. The molecule has 0 atom stereocenters. The van der Waals surface area contributed by atoms with E-state index in [-0.39, 0.29) is 17.5 Å². The third-order valence-corrected chi connectivity index (χ3v) is 3.87. The first-order valence-corrected chi connectivity index (χ1v) is 8.29. The molecule has 2 amide bonds. The van der Waals surface area contributed by atoms with Crippen molar-refractivity contribution in [1.82, 2.24) is 20.0 Å².